The molecule has 0 aliphatic heterocycles. The molecule has 1 amide bonds. The maximum absolute atomic E-state index is 12.8. The minimum Gasteiger partial charge on any atom is -0.444 e. The molecule has 1 aromatic rings. The lowest BCUT2D eigenvalue weighted by molar-refractivity contribution is 0.0357. The topological polar surface area (TPSA) is 29.5 Å². The smallest absolute Gasteiger partial charge is 0.402 e. The van der Waals surface area contributed by atoms with Gasteiger partial charge in [0, 0.05) is 6.54 Å². The molecule has 0 fully saturated rings. The molecule has 0 spiro atoms. The molecule has 1 rings (SSSR count). The lowest BCUT2D eigenvalue weighted by Crippen LogP contribution is -2.57. The molecule has 0 atom stereocenters. The summed E-state index contributed by atoms with van der Waals surface area (Å²) < 4.78 is 7.66. The molecule has 0 unspecified atom stereocenters. The van der Waals surface area contributed by atoms with Crippen molar-refractivity contribution in [2.24, 2.45) is 0 Å². The van der Waals surface area contributed by atoms with Crippen LogP contribution < -0.4 is 0 Å². The Hall–Kier alpha value is -1.29. The maximum Gasteiger partial charge on any atom is 0.402 e. The largest absolute Gasteiger partial charge is 0.444 e. The summed E-state index contributed by atoms with van der Waals surface area (Å²) in [5.41, 5.74) is 0.659. The van der Waals surface area contributed by atoms with Crippen molar-refractivity contribution in [3.8, 4) is 0 Å². The van der Waals surface area contributed by atoms with E-state index in [-0.39, 0.29) is 11.1 Å². The van der Waals surface area contributed by atoms with Crippen LogP contribution in [0.1, 0.15) is 47.1 Å². The van der Waals surface area contributed by atoms with E-state index in [1.54, 1.807) is 0 Å². The van der Waals surface area contributed by atoms with Crippen LogP contribution in [0.25, 0.3) is 0 Å². The lowest BCUT2D eigenvalue weighted by atomic mass is 10.2. The molecular weight excluding hydrogens is 290 g/mol. The number of ether oxygens (including phenoxy) is 1. The highest BCUT2D eigenvalue weighted by Crippen LogP contribution is 2.39. The first-order chi connectivity index (χ1) is 9.84. The monoisotopic (exact) mass is 321 g/mol. The second-order valence-electron chi connectivity index (χ2n) is 8.36. The zero-order valence-electron chi connectivity index (χ0n) is 15.4. The summed E-state index contributed by atoms with van der Waals surface area (Å²) in [6.07, 6.45) is -0.206. The summed E-state index contributed by atoms with van der Waals surface area (Å²) in [5, 5.41) is 0.0681. The van der Waals surface area contributed by atoms with Gasteiger partial charge >= 0.3 is 6.09 Å². The van der Waals surface area contributed by atoms with Crippen molar-refractivity contribution in [2.75, 3.05) is 0 Å². The van der Waals surface area contributed by atoms with Gasteiger partial charge in [-0.05, 0) is 31.4 Å². The van der Waals surface area contributed by atoms with E-state index < -0.39 is 13.8 Å². The lowest BCUT2D eigenvalue weighted by Gasteiger charge is -2.45. The maximum atomic E-state index is 12.8. The molecule has 0 radical (unpaired) electrons. The van der Waals surface area contributed by atoms with Gasteiger partial charge in [-0.15, -0.1) is 0 Å². The number of rotatable bonds is 3. The van der Waals surface area contributed by atoms with E-state index in [4.69, 9.17) is 4.74 Å². The van der Waals surface area contributed by atoms with Crippen LogP contribution in [0.4, 0.5) is 4.79 Å². The van der Waals surface area contributed by atoms with E-state index >= 15 is 0 Å². The van der Waals surface area contributed by atoms with Gasteiger partial charge in [0.15, 0.2) is 8.24 Å². The van der Waals surface area contributed by atoms with Gasteiger partial charge in [-0.25, -0.2) is 4.79 Å². The Kier molecular flexibility index (Phi) is 5.50. The van der Waals surface area contributed by atoms with Crippen LogP contribution in [-0.4, -0.2) is 24.5 Å². The fourth-order valence-corrected chi connectivity index (χ4v) is 3.87. The Morgan fingerprint density at radius 2 is 1.55 bits per heavy atom. The zero-order valence-corrected chi connectivity index (χ0v) is 16.4. The minimum atomic E-state index is -2.02. The van der Waals surface area contributed by atoms with E-state index in [1.807, 2.05) is 43.5 Å². The summed E-state index contributed by atoms with van der Waals surface area (Å²) >= 11 is 0. The third-order valence-corrected chi connectivity index (χ3v) is 9.67. The van der Waals surface area contributed by atoms with Gasteiger partial charge in [-0.2, -0.15) is 0 Å². The third kappa shape index (κ3) is 4.87. The van der Waals surface area contributed by atoms with Gasteiger partial charge < -0.3 is 9.30 Å². The SMILES string of the molecule is CC(C)(C)OC(=O)N(Cc1ccccc1)[Si](C)(C)C(C)(C)C. The fourth-order valence-electron chi connectivity index (χ4n) is 1.98. The molecule has 0 bridgehead atoms. The Bertz CT molecular complexity index is 498. The number of carbonyl (C=O) groups is 1. The van der Waals surface area contributed by atoms with Crippen LogP contribution in [-0.2, 0) is 11.3 Å². The molecule has 0 saturated carbocycles. The van der Waals surface area contributed by atoms with E-state index in [2.05, 4.69) is 46.0 Å². The molecule has 0 N–H and O–H groups in total. The van der Waals surface area contributed by atoms with E-state index in [9.17, 15) is 4.79 Å². The van der Waals surface area contributed by atoms with Gasteiger partial charge in [0.25, 0.3) is 0 Å². The Balaban J connectivity index is 3.13. The fraction of sp³-hybridized carbons (Fsp3) is 0.611. The molecule has 0 aliphatic carbocycles. The minimum absolute atomic E-state index is 0.0681. The average Bonchev–Trinajstić information content (AvgIpc) is 2.33. The van der Waals surface area contributed by atoms with Crippen LogP contribution in [0.15, 0.2) is 30.3 Å². The number of benzene rings is 1. The Morgan fingerprint density at radius 1 is 1.05 bits per heavy atom. The number of hydrogen-bond acceptors (Lipinski definition) is 2. The van der Waals surface area contributed by atoms with Crippen LogP contribution >= 0.6 is 0 Å². The quantitative estimate of drug-likeness (QED) is 0.695. The van der Waals surface area contributed by atoms with Crippen LogP contribution in [0.2, 0.25) is 18.1 Å². The van der Waals surface area contributed by atoms with Gasteiger partial charge in [-0.1, -0.05) is 64.2 Å². The predicted molar refractivity (Wildman–Crippen MR) is 95.4 cm³/mol. The molecule has 0 aromatic heterocycles. The normalized spacial score (nSPS) is 12.9. The van der Waals surface area contributed by atoms with Crippen molar-refractivity contribution in [3.63, 3.8) is 0 Å². The zero-order chi connectivity index (χ0) is 17.2. The van der Waals surface area contributed by atoms with Crippen molar-refractivity contribution in [1.82, 2.24) is 4.57 Å². The summed E-state index contributed by atoms with van der Waals surface area (Å²) in [6, 6.07) is 10.1. The molecule has 0 saturated heterocycles. The van der Waals surface area contributed by atoms with Crippen LogP contribution in [0.5, 0.6) is 0 Å². The standard InChI is InChI=1S/C18H31NO2Si/c1-17(2,3)21-16(20)19(22(7,8)18(4,5)6)14-15-12-10-9-11-13-15/h9-13H,14H2,1-8H3. The van der Waals surface area contributed by atoms with Crippen molar-refractivity contribution in [1.29, 1.82) is 0 Å². The van der Waals surface area contributed by atoms with E-state index in [1.165, 1.54) is 0 Å². The van der Waals surface area contributed by atoms with Gasteiger partial charge in [-0.3, -0.25) is 0 Å². The van der Waals surface area contributed by atoms with E-state index in [0.717, 1.165) is 5.56 Å². The van der Waals surface area contributed by atoms with Crippen LogP contribution in [0, 0.1) is 0 Å². The first kappa shape index (κ1) is 18.8. The first-order valence-corrected chi connectivity index (χ1v) is 10.8. The van der Waals surface area contributed by atoms with Crippen molar-refractivity contribution < 1.29 is 9.53 Å². The van der Waals surface area contributed by atoms with Gasteiger partial charge in [0.1, 0.15) is 5.60 Å². The average molecular weight is 322 g/mol. The number of amides is 1. The number of carbonyl (C=O) groups excluding carboxylic acids is 1. The molecule has 124 valence electrons. The second-order valence-corrected chi connectivity index (χ2v) is 13.5. The molecule has 0 aliphatic rings. The number of nitrogens with zero attached hydrogens (tertiary/aromatic N) is 1. The molecular formula is C18H31NO2Si. The number of hydrogen-bond donors (Lipinski definition) is 0. The third-order valence-electron chi connectivity index (χ3n) is 4.31. The van der Waals surface area contributed by atoms with Crippen LogP contribution in [0.3, 0.4) is 0 Å². The molecule has 0 heterocycles. The highest BCUT2D eigenvalue weighted by Gasteiger charge is 2.45. The summed E-state index contributed by atoms with van der Waals surface area (Å²) in [4.78, 5) is 12.8. The summed E-state index contributed by atoms with van der Waals surface area (Å²) in [6.45, 7) is 17.4. The van der Waals surface area contributed by atoms with Crippen molar-refractivity contribution in [2.45, 2.75) is 71.8 Å². The van der Waals surface area contributed by atoms with Gasteiger partial charge in [0.05, 0.1) is 0 Å². The Labute approximate surface area is 136 Å². The van der Waals surface area contributed by atoms with Gasteiger partial charge in [0.2, 0.25) is 0 Å². The Morgan fingerprint density at radius 3 is 1.95 bits per heavy atom. The summed E-state index contributed by atoms with van der Waals surface area (Å²) in [5.74, 6) is 0. The van der Waals surface area contributed by atoms with E-state index in [0.29, 0.717) is 6.54 Å². The predicted octanol–water partition coefficient (Wildman–Crippen LogP) is 5.43. The van der Waals surface area contributed by atoms with Crippen molar-refractivity contribution in [3.05, 3.63) is 35.9 Å². The highest BCUT2D eigenvalue weighted by atomic mass is 28.3. The highest BCUT2D eigenvalue weighted by molar-refractivity contribution is 6.79. The molecule has 3 nitrogen and oxygen atoms in total. The van der Waals surface area contributed by atoms with Crippen molar-refractivity contribution >= 4 is 14.3 Å². The second kappa shape index (κ2) is 6.45. The molecule has 22 heavy (non-hydrogen) atoms. The molecule has 1 aromatic carbocycles. The first-order valence-electron chi connectivity index (χ1n) is 7.89. The summed E-state index contributed by atoms with van der Waals surface area (Å²) in [7, 11) is -2.02. The molecule has 4 heteroatoms.